The Morgan fingerprint density at radius 1 is 1.12 bits per heavy atom. The fourth-order valence-corrected chi connectivity index (χ4v) is 1.59. The molecule has 0 amide bonds. The Morgan fingerprint density at radius 2 is 2.00 bits per heavy atom. The molecule has 3 heteroatoms. The van der Waals surface area contributed by atoms with Crippen molar-refractivity contribution in [3.63, 3.8) is 0 Å². The monoisotopic (exact) mass is 226 g/mol. The van der Waals surface area contributed by atoms with Gasteiger partial charge in [-0.25, -0.2) is 0 Å². The Bertz CT molecular complexity index is 501. The van der Waals surface area contributed by atoms with Crippen LogP contribution in [-0.2, 0) is 6.54 Å². The lowest BCUT2D eigenvalue weighted by molar-refractivity contribution is 0.111. The van der Waals surface area contributed by atoms with Gasteiger partial charge in [0.05, 0.1) is 5.69 Å². The number of hydrogen-bond acceptors (Lipinski definition) is 2. The highest BCUT2D eigenvalue weighted by atomic mass is 16.1. The molecule has 3 rings (SSSR count). The van der Waals surface area contributed by atoms with Gasteiger partial charge < -0.3 is 10.3 Å². The molecule has 2 heterocycles. The average Bonchev–Trinajstić information content (AvgIpc) is 2.93. The van der Waals surface area contributed by atoms with Crippen LogP contribution in [0.25, 0.3) is 6.08 Å². The molecule has 0 bridgehead atoms. The van der Waals surface area contributed by atoms with Gasteiger partial charge in [-0.15, -0.1) is 0 Å². The molecule has 2 aromatic rings. The van der Waals surface area contributed by atoms with E-state index < -0.39 is 0 Å². The Kier molecular flexibility index (Phi) is 3.76. The smallest absolute Gasteiger partial charge is 0.166 e. The van der Waals surface area contributed by atoms with E-state index in [0.717, 1.165) is 12.8 Å². The second kappa shape index (κ2) is 5.70. The highest BCUT2D eigenvalue weighted by Crippen LogP contribution is 2.12. The van der Waals surface area contributed by atoms with Crippen molar-refractivity contribution in [2.75, 3.05) is 0 Å². The van der Waals surface area contributed by atoms with Gasteiger partial charge in [0.15, 0.2) is 6.29 Å². The summed E-state index contributed by atoms with van der Waals surface area (Å²) in [5.74, 6) is 0. The lowest BCUT2D eigenvalue weighted by Gasteiger charge is -2.10. The summed E-state index contributed by atoms with van der Waals surface area (Å²) in [6.45, 7) is 0.965. The minimum atomic E-state index is 0.625. The molecule has 0 saturated heterocycles. The van der Waals surface area contributed by atoms with E-state index in [2.05, 4.69) is 40.6 Å². The van der Waals surface area contributed by atoms with Gasteiger partial charge in [-0.2, -0.15) is 0 Å². The highest BCUT2D eigenvalue weighted by Gasteiger charge is 1.99. The summed E-state index contributed by atoms with van der Waals surface area (Å²) < 4.78 is 0. The minimum Gasteiger partial charge on any atom is -0.387 e. The number of carbonyl (C=O) groups is 1. The van der Waals surface area contributed by atoms with Gasteiger partial charge in [0.2, 0.25) is 0 Å². The predicted molar refractivity (Wildman–Crippen MR) is 68.5 cm³/mol. The van der Waals surface area contributed by atoms with Gasteiger partial charge in [0.25, 0.3) is 0 Å². The predicted octanol–water partition coefficient (Wildman–Crippen LogP) is 2.59. The maximum absolute atomic E-state index is 9.84. The summed E-state index contributed by atoms with van der Waals surface area (Å²) in [4.78, 5) is 12.6. The van der Waals surface area contributed by atoms with Gasteiger partial charge in [0, 0.05) is 12.7 Å². The first-order valence-electron chi connectivity index (χ1n) is 5.46. The summed E-state index contributed by atoms with van der Waals surface area (Å²) in [5, 5.41) is 3.16. The van der Waals surface area contributed by atoms with Crippen molar-refractivity contribution in [1.29, 1.82) is 0 Å². The fourth-order valence-electron chi connectivity index (χ4n) is 1.59. The van der Waals surface area contributed by atoms with Crippen LogP contribution in [0.3, 0.4) is 0 Å². The molecule has 2 N–H and O–H groups in total. The van der Waals surface area contributed by atoms with Crippen molar-refractivity contribution in [3.8, 4) is 0 Å². The summed E-state index contributed by atoms with van der Waals surface area (Å²) in [7, 11) is 0. The lowest BCUT2D eigenvalue weighted by Crippen LogP contribution is -2.09. The molecule has 86 valence electrons. The third kappa shape index (κ3) is 3.08. The summed E-state index contributed by atoms with van der Waals surface area (Å²) >= 11 is 0. The molecule has 17 heavy (non-hydrogen) atoms. The molecular formula is C14H14N2O. The third-order valence-electron chi connectivity index (χ3n) is 2.48. The van der Waals surface area contributed by atoms with E-state index >= 15 is 0 Å². The molecule has 1 aliphatic rings. The lowest BCUT2D eigenvalue weighted by atomic mass is 10.1. The molecule has 0 fully saturated rings. The van der Waals surface area contributed by atoms with Crippen molar-refractivity contribution in [3.05, 3.63) is 65.6 Å². The summed E-state index contributed by atoms with van der Waals surface area (Å²) in [6, 6.07) is 11.9. The van der Waals surface area contributed by atoms with E-state index in [4.69, 9.17) is 0 Å². The van der Waals surface area contributed by atoms with Crippen LogP contribution in [0.1, 0.15) is 21.6 Å². The number of aromatic amines is 1. The summed E-state index contributed by atoms with van der Waals surface area (Å²) in [5.41, 5.74) is 3.34. The molecule has 1 aliphatic heterocycles. The van der Waals surface area contributed by atoms with Crippen LogP contribution in [0, 0.1) is 0 Å². The molecule has 3 nitrogen and oxygen atoms in total. The van der Waals surface area contributed by atoms with Crippen LogP contribution >= 0.6 is 0 Å². The molecule has 0 atom stereocenters. The zero-order valence-electron chi connectivity index (χ0n) is 9.39. The SMILES string of the molecule is C1=Cc2ccccc2CN1.O=Cc1ccc[nH]1. The Balaban J connectivity index is 0.000000136. The molecule has 0 unspecified atom stereocenters. The van der Waals surface area contributed by atoms with E-state index in [1.54, 1.807) is 18.3 Å². The first-order chi connectivity index (χ1) is 8.40. The molecule has 0 radical (unpaired) electrons. The molecule has 1 aromatic carbocycles. The van der Waals surface area contributed by atoms with Crippen LogP contribution < -0.4 is 5.32 Å². The third-order valence-corrected chi connectivity index (χ3v) is 2.48. The van der Waals surface area contributed by atoms with Gasteiger partial charge in [0.1, 0.15) is 0 Å². The first-order valence-corrected chi connectivity index (χ1v) is 5.46. The number of aldehydes is 1. The van der Waals surface area contributed by atoms with E-state index in [1.165, 1.54) is 11.1 Å². The molecule has 1 aromatic heterocycles. The number of fused-ring (bicyclic) bond motifs is 1. The molecule has 0 aliphatic carbocycles. The van der Waals surface area contributed by atoms with Crippen LogP contribution in [0.2, 0.25) is 0 Å². The second-order valence-corrected chi connectivity index (χ2v) is 3.66. The Morgan fingerprint density at radius 3 is 2.65 bits per heavy atom. The average molecular weight is 226 g/mol. The van der Waals surface area contributed by atoms with Crippen LogP contribution in [0.5, 0.6) is 0 Å². The van der Waals surface area contributed by atoms with Gasteiger partial charge >= 0.3 is 0 Å². The number of rotatable bonds is 1. The van der Waals surface area contributed by atoms with E-state index in [1.807, 2.05) is 6.20 Å². The van der Waals surface area contributed by atoms with Crippen molar-refractivity contribution < 1.29 is 4.79 Å². The van der Waals surface area contributed by atoms with Gasteiger partial charge in [-0.3, -0.25) is 4.79 Å². The number of aromatic nitrogens is 1. The maximum atomic E-state index is 9.84. The normalized spacial score (nSPS) is 11.8. The Labute approximate surface area is 100 Å². The zero-order valence-corrected chi connectivity index (χ0v) is 9.39. The Hall–Kier alpha value is -2.29. The van der Waals surface area contributed by atoms with Gasteiger partial charge in [-0.1, -0.05) is 24.3 Å². The molecular weight excluding hydrogens is 212 g/mol. The van der Waals surface area contributed by atoms with Crippen LogP contribution in [0.15, 0.2) is 48.8 Å². The van der Waals surface area contributed by atoms with Crippen molar-refractivity contribution >= 4 is 12.4 Å². The number of nitrogens with one attached hydrogen (secondary N) is 2. The van der Waals surface area contributed by atoms with Crippen molar-refractivity contribution in [2.24, 2.45) is 0 Å². The number of hydrogen-bond donors (Lipinski definition) is 2. The quantitative estimate of drug-likeness (QED) is 0.734. The zero-order chi connectivity index (χ0) is 11.9. The van der Waals surface area contributed by atoms with E-state index in [-0.39, 0.29) is 0 Å². The van der Waals surface area contributed by atoms with Crippen molar-refractivity contribution in [1.82, 2.24) is 10.3 Å². The standard InChI is InChI=1S/C9H9N.C5H5NO/c1-2-4-9-7-10-6-5-8(9)3-1;7-4-5-2-1-3-6-5/h1-6,10H,7H2;1-4,6H. The molecule has 0 saturated carbocycles. The highest BCUT2D eigenvalue weighted by molar-refractivity contribution is 5.71. The van der Waals surface area contributed by atoms with Gasteiger partial charge in [-0.05, 0) is 35.5 Å². The van der Waals surface area contributed by atoms with Crippen molar-refractivity contribution in [2.45, 2.75) is 6.54 Å². The van der Waals surface area contributed by atoms with E-state index in [9.17, 15) is 4.79 Å². The largest absolute Gasteiger partial charge is 0.387 e. The fraction of sp³-hybridized carbons (Fsp3) is 0.0714. The second-order valence-electron chi connectivity index (χ2n) is 3.66. The molecule has 0 spiro atoms. The summed E-state index contributed by atoms with van der Waals surface area (Å²) in [6.07, 6.45) is 6.57. The first kappa shape index (κ1) is 11.2. The minimum absolute atomic E-state index is 0.625. The van der Waals surface area contributed by atoms with E-state index in [0.29, 0.717) is 5.69 Å². The number of benzene rings is 1. The number of H-pyrrole nitrogens is 1. The number of carbonyl (C=O) groups excluding carboxylic acids is 1. The topological polar surface area (TPSA) is 44.9 Å². The van der Waals surface area contributed by atoms with Crippen LogP contribution in [-0.4, -0.2) is 11.3 Å². The van der Waals surface area contributed by atoms with Crippen LogP contribution in [0.4, 0.5) is 0 Å². The maximum Gasteiger partial charge on any atom is 0.166 e.